The van der Waals surface area contributed by atoms with Crippen LogP contribution in [0.1, 0.15) is 23.6 Å². The first-order valence-electron chi connectivity index (χ1n) is 4.72. The lowest BCUT2D eigenvalue weighted by Crippen LogP contribution is -2.19. The fourth-order valence-electron chi connectivity index (χ4n) is 1.44. The number of hydrogen-bond donors (Lipinski definition) is 2. The van der Waals surface area contributed by atoms with Crippen molar-refractivity contribution in [2.75, 3.05) is 13.6 Å². The molecule has 1 aromatic carbocycles. The molecule has 2 heteroatoms. The smallest absolute Gasteiger partial charge is 0.0329 e. The number of nitrogens with one attached hydrogen (secondary N) is 1. The first-order chi connectivity index (χ1) is 6.27. The summed E-state index contributed by atoms with van der Waals surface area (Å²) in [5.41, 5.74) is 8.15. The summed E-state index contributed by atoms with van der Waals surface area (Å²) in [6, 6.07) is 8.98. The quantitative estimate of drug-likeness (QED) is 0.735. The van der Waals surface area contributed by atoms with Crippen molar-refractivity contribution in [3.8, 4) is 0 Å². The Kier molecular flexibility index (Phi) is 3.93. The Morgan fingerprint density at radius 3 is 2.38 bits per heavy atom. The molecule has 2 nitrogen and oxygen atoms in total. The Morgan fingerprint density at radius 1 is 1.31 bits per heavy atom. The maximum absolute atomic E-state index is 5.53. The first kappa shape index (κ1) is 10.2. The standard InChI is InChI=1S/C11H18N2/c1-9-3-5-10(6-4-9)11(13-2)7-8-12/h3-6,11,13H,7-8,12H2,1-2H3/t11-/m1/s1. The zero-order valence-corrected chi connectivity index (χ0v) is 8.38. The van der Waals surface area contributed by atoms with Crippen LogP contribution in [-0.4, -0.2) is 13.6 Å². The van der Waals surface area contributed by atoms with Crippen molar-refractivity contribution in [2.24, 2.45) is 5.73 Å². The maximum Gasteiger partial charge on any atom is 0.0329 e. The zero-order chi connectivity index (χ0) is 9.68. The summed E-state index contributed by atoms with van der Waals surface area (Å²) in [4.78, 5) is 0. The van der Waals surface area contributed by atoms with Gasteiger partial charge in [-0.2, -0.15) is 0 Å². The van der Waals surface area contributed by atoms with Crippen LogP contribution >= 0.6 is 0 Å². The van der Waals surface area contributed by atoms with Crippen LogP contribution in [0.3, 0.4) is 0 Å². The summed E-state index contributed by atoms with van der Waals surface area (Å²) in [7, 11) is 1.97. The number of aryl methyl sites for hydroxylation is 1. The molecule has 0 saturated carbocycles. The topological polar surface area (TPSA) is 38.0 Å². The van der Waals surface area contributed by atoms with Crippen molar-refractivity contribution in [1.29, 1.82) is 0 Å². The van der Waals surface area contributed by atoms with Gasteiger partial charge in [0, 0.05) is 6.04 Å². The van der Waals surface area contributed by atoms with Crippen LogP contribution in [-0.2, 0) is 0 Å². The van der Waals surface area contributed by atoms with Crippen LogP contribution < -0.4 is 11.1 Å². The van der Waals surface area contributed by atoms with Crippen LogP contribution in [0.15, 0.2) is 24.3 Å². The zero-order valence-electron chi connectivity index (χ0n) is 8.38. The molecule has 1 atom stereocenters. The van der Waals surface area contributed by atoms with Gasteiger partial charge in [-0.05, 0) is 32.5 Å². The van der Waals surface area contributed by atoms with Crippen LogP contribution in [0.4, 0.5) is 0 Å². The fraction of sp³-hybridized carbons (Fsp3) is 0.455. The summed E-state index contributed by atoms with van der Waals surface area (Å²) in [5, 5.41) is 3.26. The molecule has 0 aromatic heterocycles. The first-order valence-corrected chi connectivity index (χ1v) is 4.72. The van der Waals surface area contributed by atoms with Crippen LogP contribution in [0.25, 0.3) is 0 Å². The van der Waals surface area contributed by atoms with Gasteiger partial charge < -0.3 is 11.1 Å². The Labute approximate surface area is 80.1 Å². The van der Waals surface area contributed by atoms with Crippen LogP contribution in [0.5, 0.6) is 0 Å². The predicted molar refractivity (Wildman–Crippen MR) is 56.7 cm³/mol. The van der Waals surface area contributed by atoms with E-state index in [1.54, 1.807) is 0 Å². The highest BCUT2D eigenvalue weighted by Crippen LogP contribution is 2.15. The highest BCUT2D eigenvalue weighted by atomic mass is 14.9. The van der Waals surface area contributed by atoms with Gasteiger partial charge >= 0.3 is 0 Å². The molecule has 13 heavy (non-hydrogen) atoms. The van der Waals surface area contributed by atoms with Crippen molar-refractivity contribution < 1.29 is 0 Å². The van der Waals surface area contributed by atoms with Gasteiger partial charge in [-0.25, -0.2) is 0 Å². The van der Waals surface area contributed by atoms with E-state index < -0.39 is 0 Å². The van der Waals surface area contributed by atoms with E-state index in [1.165, 1.54) is 11.1 Å². The van der Waals surface area contributed by atoms with E-state index in [4.69, 9.17) is 5.73 Å². The average Bonchev–Trinajstić information content (AvgIpc) is 2.16. The van der Waals surface area contributed by atoms with E-state index in [0.29, 0.717) is 6.04 Å². The van der Waals surface area contributed by atoms with E-state index in [1.807, 2.05) is 7.05 Å². The molecule has 0 amide bonds. The molecule has 1 aromatic rings. The van der Waals surface area contributed by atoms with Crippen molar-refractivity contribution in [2.45, 2.75) is 19.4 Å². The number of benzene rings is 1. The molecule has 0 aliphatic rings. The molecule has 1 rings (SSSR count). The van der Waals surface area contributed by atoms with Gasteiger partial charge in [-0.3, -0.25) is 0 Å². The molecule has 0 aliphatic heterocycles. The third kappa shape index (κ3) is 2.83. The Bertz CT molecular complexity index is 241. The Hall–Kier alpha value is -0.860. The predicted octanol–water partition coefficient (Wildman–Crippen LogP) is 1.60. The van der Waals surface area contributed by atoms with Gasteiger partial charge in [0.25, 0.3) is 0 Å². The average molecular weight is 178 g/mol. The molecule has 0 bridgehead atoms. The lowest BCUT2D eigenvalue weighted by Gasteiger charge is -2.15. The SMILES string of the molecule is CN[C@H](CCN)c1ccc(C)cc1. The number of hydrogen-bond acceptors (Lipinski definition) is 2. The highest BCUT2D eigenvalue weighted by Gasteiger charge is 2.06. The van der Waals surface area contributed by atoms with E-state index >= 15 is 0 Å². The molecule has 0 saturated heterocycles. The summed E-state index contributed by atoms with van der Waals surface area (Å²) in [6.45, 7) is 2.82. The summed E-state index contributed by atoms with van der Waals surface area (Å²) in [6.07, 6.45) is 0.986. The molecule has 0 aliphatic carbocycles. The summed E-state index contributed by atoms with van der Waals surface area (Å²) < 4.78 is 0. The molecule has 0 heterocycles. The Morgan fingerprint density at radius 2 is 1.92 bits per heavy atom. The monoisotopic (exact) mass is 178 g/mol. The largest absolute Gasteiger partial charge is 0.330 e. The second-order valence-electron chi connectivity index (χ2n) is 3.33. The molecule has 72 valence electrons. The fourth-order valence-corrected chi connectivity index (χ4v) is 1.44. The molecule has 0 fully saturated rings. The van der Waals surface area contributed by atoms with Crippen molar-refractivity contribution in [1.82, 2.24) is 5.32 Å². The Balaban J connectivity index is 2.73. The lowest BCUT2D eigenvalue weighted by atomic mass is 10.0. The second kappa shape index (κ2) is 5.00. The lowest BCUT2D eigenvalue weighted by molar-refractivity contribution is 0.556. The second-order valence-corrected chi connectivity index (χ2v) is 3.33. The normalized spacial score (nSPS) is 12.8. The molecule has 3 N–H and O–H groups in total. The molecule has 0 unspecified atom stereocenters. The molecule has 0 radical (unpaired) electrons. The summed E-state index contributed by atoms with van der Waals surface area (Å²) >= 11 is 0. The minimum Gasteiger partial charge on any atom is -0.330 e. The number of nitrogens with two attached hydrogens (primary N) is 1. The van der Waals surface area contributed by atoms with Gasteiger partial charge in [-0.1, -0.05) is 29.8 Å². The van der Waals surface area contributed by atoms with Gasteiger partial charge in [0.2, 0.25) is 0 Å². The van der Waals surface area contributed by atoms with Crippen molar-refractivity contribution >= 4 is 0 Å². The van der Waals surface area contributed by atoms with E-state index in [0.717, 1.165) is 13.0 Å². The summed E-state index contributed by atoms with van der Waals surface area (Å²) in [5.74, 6) is 0. The van der Waals surface area contributed by atoms with Crippen LogP contribution in [0, 0.1) is 6.92 Å². The minimum absolute atomic E-state index is 0.394. The van der Waals surface area contributed by atoms with Crippen molar-refractivity contribution in [3.05, 3.63) is 35.4 Å². The van der Waals surface area contributed by atoms with E-state index in [9.17, 15) is 0 Å². The third-order valence-electron chi connectivity index (χ3n) is 2.28. The maximum atomic E-state index is 5.53. The van der Waals surface area contributed by atoms with Crippen LogP contribution in [0.2, 0.25) is 0 Å². The van der Waals surface area contributed by atoms with Gasteiger partial charge in [0.15, 0.2) is 0 Å². The van der Waals surface area contributed by atoms with E-state index in [2.05, 4.69) is 36.5 Å². The molecular formula is C11H18N2. The molecular weight excluding hydrogens is 160 g/mol. The van der Waals surface area contributed by atoms with Crippen molar-refractivity contribution in [3.63, 3.8) is 0 Å². The van der Waals surface area contributed by atoms with Gasteiger partial charge in [0.05, 0.1) is 0 Å². The van der Waals surface area contributed by atoms with Gasteiger partial charge in [0.1, 0.15) is 0 Å². The molecule has 0 spiro atoms. The highest BCUT2D eigenvalue weighted by molar-refractivity contribution is 5.24. The minimum atomic E-state index is 0.394. The van der Waals surface area contributed by atoms with E-state index in [-0.39, 0.29) is 0 Å². The van der Waals surface area contributed by atoms with Gasteiger partial charge in [-0.15, -0.1) is 0 Å². The third-order valence-corrected chi connectivity index (χ3v) is 2.28. The number of rotatable bonds is 4.